The second kappa shape index (κ2) is 4.24. The van der Waals surface area contributed by atoms with E-state index in [1.165, 1.54) is 0 Å². The molecule has 0 saturated heterocycles. The SMILES string of the molecule is O=C(OBr)C1=C(Br)Oc2ccccc2O1. The van der Waals surface area contributed by atoms with E-state index in [9.17, 15) is 4.79 Å². The minimum Gasteiger partial charge on any atom is -0.442 e. The monoisotopic (exact) mass is 334 g/mol. The van der Waals surface area contributed by atoms with Crippen LogP contribution in [0.4, 0.5) is 0 Å². The van der Waals surface area contributed by atoms with Crippen molar-refractivity contribution >= 4 is 38.2 Å². The van der Waals surface area contributed by atoms with Crippen molar-refractivity contribution in [1.29, 1.82) is 0 Å². The van der Waals surface area contributed by atoms with Crippen LogP contribution in [-0.4, -0.2) is 5.97 Å². The summed E-state index contributed by atoms with van der Waals surface area (Å²) in [7, 11) is 0. The molecule has 6 heteroatoms. The number of hydrogen-bond donors (Lipinski definition) is 0. The molecule has 2 rings (SSSR count). The van der Waals surface area contributed by atoms with Gasteiger partial charge in [-0.15, -0.1) is 0 Å². The molecule has 78 valence electrons. The Morgan fingerprint density at radius 3 is 2.40 bits per heavy atom. The topological polar surface area (TPSA) is 44.8 Å². The summed E-state index contributed by atoms with van der Waals surface area (Å²) in [5, 5.41) is 0. The minimum atomic E-state index is -0.670. The summed E-state index contributed by atoms with van der Waals surface area (Å²) in [6, 6.07) is 7.00. The first-order chi connectivity index (χ1) is 7.22. The Balaban J connectivity index is 2.35. The molecule has 1 aromatic rings. The van der Waals surface area contributed by atoms with Crippen molar-refractivity contribution < 1.29 is 18.1 Å². The maximum atomic E-state index is 11.2. The van der Waals surface area contributed by atoms with Crippen molar-refractivity contribution in [3.05, 3.63) is 34.7 Å². The van der Waals surface area contributed by atoms with Gasteiger partial charge in [0.15, 0.2) is 27.8 Å². The van der Waals surface area contributed by atoms with Gasteiger partial charge in [-0.25, -0.2) is 4.79 Å². The van der Waals surface area contributed by atoms with E-state index in [0.29, 0.717) is 11.5 Å². The molecule has 0 atom stereocenters. The van der Waals surface area contributed by atoms with Gasteiger partial charge in [0, 0.05) is 0 Å². The van der Waals surface area contributed by atoms with E-state index >= 15 is 0 Å². The van der Waals surface area contributed by atoms with E-state index in [-0.39, 0.29) is 10.4 Å². The highest BCUT2D eigenvalue weighted by Gasteiger charge is 2.26. The molecule has 0 N–H and O–H groups in total. The van der Waals surface area contributed by atoms with Crippen LogP contribution >= 0.6 is 32.2 Å². The van der Waals surface area contributed by atoms with Gasteiger partial charge in [-0.05, 0) is 28.1 Å². The maximum Gasteiger partial charge on any atom is 0.390 e. The molecular weight excluding hydrogens is 332 g/mol. The number of carbonyl (C=O) groups excluding carboxylic acids is 1. The van der Waals surface area contributed by atoms with Crippen molar-refractivity contribution in [3.63, 3.8) is 0 Å². The lowest BCUT2D eigenvalue weighted by atomic mass is 10.3. The summed E-state index contributed by atoms with van der Waals surface area (Å²) >= 11 is 5.65. The third kappa shape index (κ3) is 2.00. The van der Waals surface area contributed by atoms with Gasteiger partial charge in [0.1, 0.15) is 0 Å². The Bertz CT molecular complexity index is 441. The second-order valence-electron chi connectivity index (χ2n) is 2.62. The first-order valence-electron chi connectivity index (χ1n) is 3.90. The number of carbonyl (C=O) groups is 1. The van der Waals surface area contributed by atoms with Crippen LogP contribution in [0.2, 0.25) is 0 Å². The van der Waals surface area contributed by atoms with Gasteiger partial charge in [0.2, 0.25) is 4.67 Å². The summed E-state index contributed by atoms with van der Waals surface area (Å²) in [6.45, 7) is 0. The normalized spacial score (nSPS) is 13.7. The number of ether oxygens (including phenoxy) is 2. The zero-order valence-corrected chi connectivity index (χ0v) is 10.4. The highest BCUT2D eigenvalue weighted by Crippen LogP contribution is 2.36. The van der Waals surface area contributed by atoms with Gasteiger partial charge in [-0.2, -0.15) is 0 Å². The number of hydrogen-bond acceptors (Lipinski definition) is 4. The molecule has 0 aromatic heterocycles. The van der Waals surface area contributed by atoms with Gasteiger partial charge < -0.3 is 13.3 Å². The van der Waals surface area contributed by atoms with Gasteiger partial charge in [0.25, 0.3) is 5.76 Å². The number of halogens is 2. The van der Waals surface area contributed by atoms with Crippen LogP contribution in [0.15, 0.2) is 34.7 Å². The van der Waals surface area contributed by atoms with Crippen molar-refractivity contribution in [3.8, 4) is 11.5 Å². The number of para-hydroxylation sites is 2. The van der Waals surface area contributed by atoms with Crippen LogP contribution in [0.1, 0.15) is 0 Å². The van der Waals surface area contributed by atoms with Crippen LogP contribution in [-0.2, 0) is 8.62 Å². The summed E-state index contributed by atoms with van der Waals surface area (Å²) in [6.07, 6.45) is 0. The Morgan fingerprint density at radius 1 is 1.20 bits per heavy atom. The second-order valence-corrected chi connectivity index (χ2v) is 3.66. The fraction of sp³-hybridized carbons (Fsp3) is 0. The lowest BCUT2D eigenvalue weighted by Crippen LogP contribution is -2.16. The molecule has 1 aliphatic rings. The van der Waals surface area contributed by atoms with E-state index in [4.69, 9.17) is 9.47 Å². The third-order valence-corrected chi connectivity index (χ3v) is 2.51. The average Bonchev–Trinajstić information content (AvgIpc) is 2.27. The molecule has 4 nitrogen and oxygen atoms in total. The molecular formula is C9H4Br2O4. The molecule has 0 saturated carbocycles. The van der Waals surface area contributed by atoms with Gasteiger partial charge in [-0.3, -0.25) is 0 Å². The number of fused-ring (bicyclic) bond motifs is 1. The van der Waals surface area contributed by atoms with Crippen LogP contribution in [0, 0.1) is 0 Å². The summed E-state index contributed by atoms with van der Waals surface area (Å²) in [5.41, 5.74) is 0. The molecule has 0 fully saturated rings. The molecule has 0 radical (unpaired) electrons. The van der Waals surface area contributed by atoms with Crippen molar-refractivity contribution in [2.24, 2.45) is 0 Å². The van der Waals surface area contributed by atoms with E-state index in [1.807, 2.05) is 0 Å². The maximum absolute atomic E-state index is 11.2. The van der Waals surface area contributed by atoms with E-state index in [1.54, 1.807) is 24.3 Å². The number of rotatable bonds is 1. The van der Waals surface area contributed by atoms with Gasteiger partial charge in [0.05, 0.1) is 0 Å². The Morgan fingerprint density at radius 2 is 1.80 bits per heavy atom. The molecule has 0 spiro atoms. The summed E-state index contributed by atoms with van der Waals surface area (Å²) in [4.78, 5) is 11.2. The zero-order valence-electron chi connectivity index (χ0n) is 7.20. The first-order valence-corrected chi connectivity index (χ1v) is 5.34. The Kier molecular flexibility index (Phi) is 2.97. The van der Waals surface area contributed by atoms with Crippen molar-refractivity contribution in [1.82, 2.24) is 0 Å². The lowest BCUT2D eigenvalue weighted by molar-refractivity contribution is -0.130. The van der Waals surface area contributed by atoms with Crippen LogP contribution < -0.4 is 9.47 Å². The summed E-state index contributed by atoms with van der Waals surface area (Å²) in [5.74, 6) is 0.297. The quantitative estimate of drug-likeness (QED) is 0.791. The standard InChI is InChI=1S/C9H4Br2O4/c10-8-7(9(12)15-11)13-5-3-1-2-4-6(5)14-8/h1-4H. The zero-order chi connectivity index (χ0) is 10.8. The molecule has 0 aliphatic carbocycles. The minimum absolute atomic E-state index is 0.0365. The van der Waals surface area contributed by atoms with Gasteiger partial charge >= 0.3 is 5.97 Å². The number of benzene rings is 1. The highest BCUT2D eigenvalue weighted by atomic mass is 79.9. The smallest absolute Gasteiger partial charge is 0.390 e. The molecule has 1 heterocycles. The fourth-order valence-electron chi connectivity index (χ4n) is 1.07. The van der Waals surface area contributed by atoms with Crippen LogP contribution in [0.3, 0.4) is 0 Å². The van der Waals surface area contributed by atoms with Gasteiger partial charge in [-0.1, -0.05) is 12.1 Å². The van der Waals surface area contributed by atoms with Crippen molar-refractivity contribution in [2.75, 3.05) is 0 Å². The molecule has 15 heavy (non-hydrogen) atoms. The van der Waals surface area contributed by atoms with Crippen LogP contribution in [0.5, 0.6) is 11.5 Å². The molecule has 0 amide bonds. The van der Waals surface area contributed by atoms with E-state index < -0.39 is 5.97 Å². The first kappa shape index (κ1) is 10.5. The molecule has 1 aliphatic heterocycles. The lowest BCUT2D eigenvalue weighted by Gasteiger charge is -2.18. The predicted octanol–water partition coefficient (Wildman–Crippen LogP) is 2.87. The Hall–Kier alpha value is -1.01. The summed E-state index contributed by atoms with van der Waals surface area (Å²) < 4.78 is 15.2. The molecule has 1 aromatic carbocycles. The van der Waals surface area contributed by atoms with Crippen molar-refractivity contribution in [2.45, 2.75) is 0 Å². The van der Waals surface area contributed by atoms with E-state index in [2.05, 4.69) is 36.0 Å². The van der Waals surface area contributed by atoms with E-state index in [0.717, 1.165) is 0 Å². The molecule has 0 unspecified atom stereocenters. The molecule has 0 bridgehead atoms. The fourth-order valence-corrected chi connectivity index (χ4v) is 1.63. The Labute approximate surface area is 102 Å². The predicted molar refractivity (Wildman–Crippen MR) is 58.7 cm³/mol. The largest absolute Gasteiger partial charge is 0.442 e. The third-order valence-electron chi connectivity index (χ3n) is 1.69. The average molecular weight is 336 g/mol. The highest BCUT2D eigenvalue weighted by molar-refractivity contribution is 9.11. The van der Waals surface area contributed by atoms with Crippen LogP contribution in [0.25, 0.3) is 0 Å².